The molecular formula is C32H33N5. The van der Waals surface area contributed by atoms with E-state index < -0.39 is 0 Å². The summed E-state index contributed by atoms with van der Waals surface area (Å²) in [5, 5.41) is 2.57. The van der Waals surface area contributed by atoms with Crippen LogP contribution in [0.2, 0.25) is 0 Å². The van der Waals surface area contributed by atoms with Crippen molar-refractivity contribution in [2.45, 2.75) is 52.4 Å². The Morgan fingerprint density at radius 1 is 0.541 bits per heavy atom. The number of imidazole rings is 2. The molecule has 0 radical (unpaired) electrons. The molecule has 5 nitrogen and oxygen atoms in total. The maximum atomic E-state index is 4.29. The van der Waals surface area contributed by atoms with Crippen molar-refractivity contribution >= 4 is 21.8 Å². The first-order valence-corrected chi connectivity index (χ1v) is 12.8. The van der Waals surface area contributed by atoms with Crippen LogP contribution in [0.1, 0.15) is 52.7 Å². The van der Waals surface area contributed by atoms with Gasteiger partial charge < -0.3 is 13.7 Å². The van der Waals surface area contributed by atoms with Crippen molar-refractivity contribution in [1.29, 1.82) is 0 Å². The number of hydrogen-bond donors (Lipinski definition) is 0. The molecule has 0 saturated heterocycles. The Hall–Kier alpha value is -4.12. The minimum Gasteiger partial charge on any atom is -0.309 e. The zero-order valence-electron chi connectivity index (χ0n) is 22.4. The Morgan fingerprint density at radius 3 is 1.35 bits per heavy atom. The number of hydrogen-bond acceptors (Lipinski definition) is 2. The van der Waals surface area contributed by atoms with Crippen LogP contribution in [0, 0.1) is 0 Å². The topological polar surface area (TPSA) is 40.6 Å². The molecule has 0 fully saturated rings. The predicted octanol–water partition coefficient (Wildman–Crippen LogP) is 7.75. The molecule has 0 saturated carbocycles. The Labute approximate surface area is 218 Å². The van der Waals surface area contributed by atoms with Gasteiger partial charge in [-0.3, -0.25) is 0 Å². The van der Waals surface area contributed by atoms with E-state index in [9.17, 15) is 0 Å². The average molecular weight is 488 g/mol. The summed E-state index contributed by atoms with van der Waals surface area (Å²) in [6, 6.07) is 20.5. The summed E-state index contributed by atoms with van der Waals surface area (Å²) in [7, 11) is 0. The fourth-order valence-corrected chi connectivity index (χ4v) is 5.06. The zero-order chi connectivity index (χ0) is 25.9. The predicted molar refractivity (Wildman–Crippen MR) is 152 cm³/mol. The highest BCUT2D eigenvalue weighted by molar-refractivity contribution is 6.10. The summed E-state index contributed by atoms with van der Waals surface area (Å²) >= 11 is 0. The molecule has 3 aromatic heterocycles. The van der Waals surface area contributed by atoms with E-state index in [0.29, 0.717) is 0 Å². The number of nitrogens with zero attached hydrogens (tertiary/aromatic N) is 5. The van der Waals surface area contributed by atoms with Gasteiger partial charge in [0.15, 0.2) is 0 Å². The van der Waals surface area contributed by atoms with Crippen LogP contribution < -0.4 is 0 Å². The van der Waals surface area contributed by atoms with Crippen molar-refractivity contribution in [3.63, 3.8) is 0 Å². The van der Waals surface area contributed by atoms with Crippen LogP contribution in [0.15, 0.2) is 92.0 Å². The van der Waals surface area contributed by atoms with Crippen LogP contribution in [0.5, 0.6) is 0 Å². The van der Waals surface area contributed by atoms with Gasteiger partial charge in [-0.1, -0.05) is 53.7 Å². The van der Waals surface area contributed by atoms with Crippen molar-refractivity contribution < 1.29 is 0 Å². The Kier molecular flexibility index (Phi) is 5.16. The standard InChI is InChI=1S/C32H33N5/c1-31(2,3)22-7-9-29-27(15-22)28-16-23(32(4,5)6)8-10-30(28)37(29)26-18-24(35-13-11-33-20-35)17-25(19-26)36-14-12-34-21-36/h7-21H,1-6H3. The van der Waals surface area contributed by atoms with Gasteiger partial charge in [-0.25, -0.2) is 9.97 Å². The molecule has 0 aliphatic heterocycles. The van der Waals surface area contributed by atoms with Crippen molar-refractivity contribution in [3.8, 4) is 17.1 Å². The van der Waals surface area contributed by atoms with Gasteiger partial charge in [-0.05, 0) is 64.4 Å². The van der Waals surface area contributed by atoms with Crippen LogP contribution in [0.4, 0.5) is 0 Å². The summed E-state index contributed by atoms with van der Waals surface area (Å²) in [6.07, 6.45) is 11.3. The molecule has 6 rings (SSSR count). The molecule has 3 heterocycles. The molecule has 0 atom stereocenters. The van der Waals surface area contributed by atoms with Gasteiger partial charge in [0.1, 0.15) is 0 Å². The van der Waals surface area contributed by atoms with Crippen molar-refractivity contribution in [2.24, 2.45) is 0 Å². The molecule has 186 valence electrons. The minimum absolute atomic E-state index is 0.0696. The van der Waals surface area contributed by atoms with E-state index in [4.69, 9.17) is 0 Å². The van der Waals surface area contributed by atoms with Crippen LogP contribution >= 0.6 is 0 Å². The molecule has 0 aliphatic rings. The van der Waals surface area contributed by atoms with E-state index in [1.807, 2.05) is 46.6 Å². The third kappa shape index (κ3) is 4.05. The maximum absolute atomic E-state index is 4.29. The molecule has 5 heteroatoms. The highest BCUT2D eigenvalue weighted by Crippen LogP contribution is 2.38. The van der Waals surface area contributed by atoms with Gasteiger partial charge in [0.2, 0.25) is 0 Å². The second-order valence-corrected chi connectivity index (χ2v) is 11.9. The monoisotopic (exact) mass is 487 g/mol. The molecule has 0 unspecified atom stereocenters. The Morgan fingerprint density at radius 2 is 0.973 bits per heavy atom. The lowest BCUT2D eigenvalue weighted by Crippen LogP contribution is -2.10. The van der Waals surface area contributed by atoms with Crippen molar-refractivity contribution in [2.75, 3.05) is 0 Å². The quantitative estimate of drug-likeness (QED) is 0.256. The zero-order valence-corrected chi connectivity index (χ0v) is 22.4. The van der Waals surface area contributed by atoms with Crippen molar-refractivity contribution in [1.82, 2.24) is 23.7 Å². The van der Waals surface area contributed by atoms with Crippen LogP contribution in [-0.4, -0.2) is 23.7 Å². The Balaban J connectivity index is 1.69. The second-order valence-electron chi connectivity index (χ2n) is 11.9. The smallest absolute Gasteiger partial charge is 0.0991 e. The second kappa shape index (κ2) is 8.20. The first-order chi connectivity index (χ1) is 17.6. The lowest BCUT2D eigenvalue weighted by Gasteiger charge is -2.19. The maximum Gasteiger partial charge on any atom is 0.0991 e. The fourth-order valence-electron chi connectivity index (χ4n) is 5.06. The van der Waals surface area contributed by atoms with Gasteiger partial charge in [-0.2, -0.15) is 0 Å². The van der Waals surface area contributed by atoms with Crippen molar-refractivity contribution in [3.05, 3.63) is 103 Å². The molecule has 3 aromatic carbocycles. The lowest BCUT2D eigenvalue weighted by atomic mass is 9.85. The number of fused-ring (bicyclic) bond motifs is 3. The molecule has 37 heavy (non-hydrogen) atoms. The molecule has 0 aliphatic carbocycles. The normalized spacial score (nSPS) is 12.6. The summed E-state index contributed by atoms with van der Waals surface area (Å²) in [6.45, 7) is 13.7. The molecule has 0 bridgehead atoms. The average Bonchev–Trinajstić information content (AvgIpc) is 3.62. The molecule has 0 spiro atoms. The largest absolute Gasteiger partial charge is 0.309 e. The molecular weight excluding hydrogens is 454 g/mol. The summed E-state index contributed by atoms with van der Waals surface area (Å²) < 4.78 is 6.49. The van der Waals surface area contributed by atoms with Crippen LogP contribution in [-0.2, 0) is 10.8 Å². The van der Waals surface area contributed by atoms with E-state index in [1.54, 1.807) is 0 Å². The third-order valence-electron chi connectivity index (χ3n) is 7.25. The van der Waals surface area contributed by atoms with E-state index in [2.05, 4.69) is 111 Å². The number of aromatic nitrogens is 5. The summed E-state index contributed by atoms with van der Waals surface area (Å²) in [4.78, 5) is 8.57. The highest BCUT2D eigenvalue weighted by Gasteiger charge is 2.21. The third-order valence-corrected chi connectivity index (χ3v) is 7.25. The molecule has 0 N–H and O–H groups in total. The van der Waals surface area contributed by atoms with E-state index in [0.717, 1.165) is 17.1 Å². The minimum atomic E-state index is 0.0696. The number of rotatable bonds is 3. The van der Waals surface area contributed by atoms with Crippen LogP contribution in [0.3, 0.4) is 0 Å². The molecule has 0 amide bonds. The fraction of sp³-hybridized carbons (Fsp3) is 0.250. The van der Waals surface area contributed by atoms with Gasteiger partial charge in [0.05, 0.1) is 40.8 Å². The summed E-state index contributed by atoms with van der Waals surface area (Å²) in [5.74, 6) is 0. The molecule has 6 aromatic rings. The van der Waals surface area contributed by atoms with Gasteiger partial charge in [0.25, 0.3) is 0 Å². The summed E-state index contributed by atoms with van der Waals surface area (Å²) in [5.41, 5.74) is 8.42. The van der Waals surface area contributed by atoms with E-state index >= 15 is 0 Å². The lowest BCUT2D eigenvalue weighted by molar-refractivity contribution is 0.590. The van der Waals surface area contributed by atoms with Gasteiger partial charge in [0, 0.05) is 35.6 Å². The first-order valence-electron chi connectivity index (χ1n) is 12.8. The highest BCUT2D eigenvalue weighted by atomic mass is 15.1. The SMILES string of the molecule is CC(C)(C)c1ccc2c(c1)c1cc(C(C)(C)C)ccc1n2-c1cc(-n2ccnc2)cc(-n2ccnc2)c1. The first kappa shape index (κ1) is 23.3. The van der Waals surface area contributed by atoms with E-state index in [-0.39, 0.29) is 10.8 Å². The van der Waals surface area contributed by atoms with Gasteiger partial charge >= 0.3 is 0 Å². The van der Waals surface area contributed by atoms with Crippen LogP contribution in [0.25, 0.3) is 38.9 Å². The van der Waals surface area contributed by atoms with Gasteiger partial charge in [-0.15, -0.1) is 0 Å². The Bertz CT molecular complexity index is 1600. The number of benzene rings is 3. The van der Waals surface area contributed by atoms with E-state index in [1.165, 1.54) is 32.9 Å².